The topological polar surface area (TPSA) is 103 Å². The largest absolute Gasteiger partial charge is 0.493 e. The molecule has 42 heavy (non-hydrogen) atoms. The minimum atomic E-state index is -0.666. The van der Waals surface area contributed by atoms with Gasteiger partial charge >= 0.3 is 5.97 Å². The van der Waals surface area contributed by atoms with Crippen molar-refractivity contribution in [1.29, 1.82) is 5.26 Å². The Morgan fingerprint density at radius 3 is 2.57 bits per heavy atom. The Morgan fingerprint density at radius 2 is 1.88 bits per heavy atom. The van der Waals surface area contributed by atoms with E-state index in [0.717, 1.165) is 11.1 Å². The molecule has 0 N–H and O–H groups in total. The number of hydrogen-bond acceptors (Lipinski definition) is 8. The third kappa shape index (κ3) is 5.53. The summed E-state index contributed by atoms with van der Waals surface area (Å²) in [6.07, 6.45) is 2.27. The molecule has 4 aromatic rings. The molecule has 0 bridgehead atoms. The standard InChI is InChI=1S/C32H26BrN3O5S/c1-4-24-27(31(38)40-3)28(20-10-6-5-7-11-20)36-30(37)26(42-32(36)35-24)16-19-14-23(33)29(25(15-19)39-2)41-18-22-13-9-8-12-21(22)17-34/h5-16,28H,4,18H2,1-3H3/b26-16-/t28-/m1/s1. The number of nitriles is 1. The maximum absolute atomic E-state index is 13.9. The van der Waals surface area contributed by atoms with Gasteiger partial charge in [0.25, 0.3) is 5.56 Å². The second-order valence-electron chi connectivity index (χ2n) is 9.29. The Balaban J connectivity index is 1.59. The molecular formula is C32H26BrN3O5S. The van der Waals surface area contributed by atoms with Crippen LogP contribution in [0.4, 0.5) is 0 Å². The summed E-state index contributed by atoms with van der Waals surface area (Å²) in [4.78, 5) is 32.1. The molecule has 1 aromatic heterocycles. The van der Waals surface area contributed by atoms with E-state index in [2.05, 4.69) is 22.0 Å². The summed E-state index contributed by atoms with van der Waals surface area (Å²) in [5.74, 6) is 0.421. The first-order valence-corrected chi connectivity index (χ1v) is 14.7. The first-order chi connectivity index (χ1) is 20.4. The molecule has 212 valence electrons. The molecule has 5 rings (SSSR count). The molecule has 8 nitrogen and oxygen atoms in total. The van der Waals surface area contributed by atoms with E-state index in [1.165, 1.54) is 25.6 Å². The van der Waals surface area contributed by atoms with Gasteiger partial charge in [-0.05, 0) is 57.8 Å². The molecule has 0 saturated heterocycles. The summed E-state index contributed by atoms with van der Waals surface area (Å²) in [6, 6.07) is 21.8. The number of halogens is 1. The van der Waals surface area contributed by atoms with E-state index >= 15 is 0 Å². The maximum atomic E-state index is 13.9. The van der Waals surface area contributed by atoms with Crippen molar-refractivity contribution in [3.63, 3.8) is 0 Å². The van der Waals surface area contributed by atoms with Crippen LogP contribution in [0.2, 0.25) is 0 Å². The summed E-state index contributed by atoms with van der Waals surface area (Å²) >= 11 is 4.83. The van der Waals surface area contributed by atoms with Crippen molar-refractivity contribution >= 4 is 39.3 Å². The first kappa shape index (κ1) is 29.0. The fourth-order valence-corrected chi connectivity index (χ4v) is 6.43. The fourth-order valence-electron chi connectivity index (χ4n) is 4.83. The molecule has 0 spiro atoms. The third-order valence-corrected chi connectivity index (χ3v) is 8.40. The third-order valence-electron chi connectivity index (χ3n) is 6.82. The van der Waals surface area contributed by atoms with Crippen molar-refractivity contribution in [2.75, 3.05) is 14.2 Å². The van der Waals surface area contributed by atoms with E-state index in [4.69, 9.17) is 19.2 Å². The van der Waals surface area contributed by atoms with Crippen molar-refractivity contribution in [3.8, 4) is 17.6 Å². The molecule has 1 aliphatic heterocycles. The van der Waals surface area contributed by atoms with Gasteiger partial charge in [-0.15, -0.1) is 0 Å². The van der Waals surface area contributed by atoms with Gasteiger partial charge in [0.15, 0.2) is 16.3 Å². The van der Waals surface area contributed by atoms with E-state index in [1.54, 1.807) is 28.8 Å². The predicted molar refractivity (Wildman–Crippen MR) is 163 cm³/mol. The van der Waals surface area contributed by atoms with Crippen molar-refractivity contribution in [2.45, 2.75) is 26.0 Å². The van der Waals surface area contributed by atoms with Gasteiger partial charge in [-0.1, -0.05) is 66.8 Å². The van der Waals surface area contributed by atoms with Gasteiger partial charge in [0.1, 0.15) is 6.61 Å². The van der Waals surface area contributed by atoms with Gasteiger partial charge in [-0.3, -0.25) is 9.36 Å². The Kier molecular flexibility index (Phi) is 8.71. The van der Waals surface area contributed by atoms with Gasteiger partial charge in [-0.25, -0.2) is 9.79 Å². The molecule has 0 aliphatic carbocycles. The highest BCUT2D eigenvalue weighted by Gasteiger charge is 2.33. The molecule has 3 aromatic carbocycles. The van der Waals surface area contributed by atoms with Crippen molar-refractivity contribution in [1.82, 2.24) is 4.57 Å². The number of thiazole rings is 1. The summed E-state index contributed by atoms with van der Waals surface area (Å²) in [5.41, 5.74) is 3.46. The van der Waals surface area contributed by atoms with Crippen LogP contribution >= 0.6 is 27.3 Å². The number of aromatic nitrogens is 1. The van der Waals surface area contributed by atoms with Gasteiger partial charge < -0.3 is 14.2 Å². The zero-order valence-corrected chi connectivity index (χ0v) is 25.5. The minimum absolute atomic E-state index is 0.179. The quantitative estimate of drug-likeness (QED) is 0.250. The second-order valence-corrected chi connectivity index (χ2v) is 11.2. The number of carbonyl (C=O) groups is 1. The van der Waals surface area contributed by atoms with Crippen LogP contribution in [-0.4, -0.2) is 24.8 Å². The average molecular weight is 645 g/mol. The summed E-state index contributed by atoms with van der Waals surface area (Å²) < 4.78 is 19.4. The molecule has 0 amide bonds. The minimum Gasteiger partial charge on any atom is -0.493 e. The number of fused-ring (bicyclic) bond motifs is 1. The molecular weight excluding hydrogens is 618 g/mol. The van der Waals surface area contributed by atoms with Gasteiger partial charge in [0.2, 0.25) is 0 Å². The number of benzene rings is 3. The highest BCUT2D eigenvalue weighted by Crippen LogP contribution is 2.38. The SMILES string of the molecule is CCC1=C(C(=O)OC)[C@@H](c2ccccc2)n2c(s/c(=C\c3cc(Br)c(OCc4ccccc4C#N)c(OC)c3)c2=O)=N1. The fraction of sp³-hybridized carbons (Fsp3) is 0.188. The lowest BCUT2D eigenvalue weighted by molar-refractivity contribution is -0.136. The Morgan fingerprint density at radius 1 is 1.14 bits per heavy atom. The molecule has 0 saturated carbocycles. The van der Waals surface area contributed by atoms with Crippen molar-refractivity contribution in [3.05, 3.63) is 124 Å². The lowest BCUT2D eigenvalue weighted by atomic mass is 9.95. The number of hydrogen-bond donors (Lipinski definition) is 0. The van der Waals surface area contributed by atoms with Crippen LogP contribution in [0, 0.1) is 11.3 Å². The molecule has 0 radical (unpaired) electrons. The van der Waals surface area contributed by atoms with E-state index in [1.807, 2.05) is 55.5 Å². The Labute approximate surface area is 254 Å². The number of ether oxygens (including phenoxy) is 3. The summed E-state index contributed by atoms with van der Waals surface area (Å²) in [6.45, 7) is 2.10. The zero-order chi connectivity index (χ0) is 29.8. The summed E-state index contributed by atoms with van der Waals surface area (Å²) in [7, 11) is 2.87. The van der Waals surface area contributed by atoms with Crippen molar-refractivity contribution in [2.24, 2.45) is 4.99 Å². The van der Waals surface area contributed by atoms with Gasteiger partial charge in [0, 0.05) is 5.56 Å². The average Bonchev–Trinajstić information content (AvgIpc) is 3.33. The number of allylic oxidation sites excluding steroid dienone is 1. The van der Waals surface area contributed by atoms with Crippen LogP contribution in [0.5, 0.6) is 11.5 Å². The second kappa shape index (κ2) is 12.6. The first-order valence-electron chi connectivity index (χ1n) is 13.1. The van der Waals surface area contributed by atoms with E-state index in [9.17, 15) is 14.9 Å². The smallest absolute Gasteiger partial charge is 0.338 e. The zero-order valence-electron chi connectivity index (χ0n) is 23.1. The van der Waals surface area contributed by atoms with E-state index < -0.39 is 12.0 Å². The highest BCUT2D eigenvalue weighted by molar-refractivity contribution is 9.10. The molecule has 2 heterocycles. The van der Waals surface area contributed by atoms with Crippen LogP contribution in [0.1, 0.15) is 41.6 Å². The van der Waals surface area contributed by atoms with Crippen LogP contribution in [-0.2, 0) is 16.1 Å². The van der Waals surface area contributed by atoms with Crippen LogP contribution in [0.15, 0.2) is 92.3 Å². The Hall–Kier alpha value is -4.46. The van der Waals surface area contributed by atoms with E-state index in [-0.39, 0.29) is 12.2 Å². The number of esters is 1. The monoisotopic (exact) mass is 643 g/mol. The molecule has 10 heteroatoms. The van der Waals surface area contributed by atoms with Gasteiger partial charge in [0.05, 0.1) is 52.2 Å². The lowest BCUT2D eigenvalue weighted by Crippen LogP contribution is -2.40. The number of carbonyl (C=O) groups excluding carboxylic acids is 1. The van der Waals surface area contributed by atoms with Crippen molar-refractivity contribution < 1.29 is 19.0 Å². The molecule has 0 unspecified atom stereocenters. The molecule has 0 fully saturated rings. The van der Waals surface area contributed by atoms with Crippen LogP contribution < -0.4 is 24.4 Å². The number of methoxy groups -OCH3 is 2. The predicted octanol–water partition coefficient (Wildman–Crippen LogP) is 5.02. The molecule has 1 atom stereocenters. The highest BCUT2D eigenvalue weighted by atomic mass is 79.9. The van der Waals surface area contributed by atoms with Gasteiger partial charge in [-0.2, -0.15) is 5.26 Å². The van der Waals surface area contributed by atoms with E-state index in [0.29, 0.717) is 54.1 Å². The number of nitrogens with zero attached hydrogens (tertiary/aromatic N) is 3. The Bertz CT molecular complexity index is 1920. The maximum Gasteiger partial charge on any atom is 0.338 e. The van der Waals surface area contributed by atoms with Crippen LogP contribution in [0.3, 0.4) is 0 Å². The lowest BCUT2D eigenvalue weighted by Gasteiger charge is -2.25. The molecule has 1 aliphatic rings. The summed E-state index contributed by atoms with van der Waals surface area (Å²) in [5, 5.41) is 9.39. The van der Waals surface area contributed by atoms with Crippen LogP contribution in [0.25, 0.3) is 6.08 Å². The number of rotatable bonds is 8. The normalized spacial score (nSPS) is 14.5.